The molecule has 0 spiro atoms. The van der Waals surface area contributed by atoms with Gasteiger partial charge in [0.1, 0.15) is 17.4 Å². The molecule has 136 valence electrons. The normalized spacial score (nSPS) is 13.6. The summed E-state index contributed by atoms with van der Waals surface area (Å²) < 4.78 is 32.6. The minimum atomic E-state index is -3.36. The summed E-state index contributed by atoms with van der Waals surface area (Å²) in [5.74, 6) is -1.87. The van der Waals surface area contributed by atoms with Gasteiger partial charge in [-0.1, -0.05) is 13.8 Å². The molecule has 9 nitrogen and oxygen atoms in total. The number of aromatic nitrogens is 2. The van der Waals surface area contributed by atoms with Crippen molar-refractivity contribution in [1.29, 1.82) is 0 Å². The third kappa shape index (κ3) is 6.65. The summed E-state index contributed by atoms with van der Waals surface area (Å²) in [5, 5.41) is 9.58. The largest absolute Gasteiger partial charge is 0.444 e. The number of hydrogen-bond donors (Lipinski definition) is 1. The van der Waals surface area contributed by atoms with Crippen LogP contribution in [-0.2, 0) is 20.3 Å². The van der Waals surface area contributed by atoms with Crippen molar-refractivity contribution < 1.29 is 27.2 Å². The molecule has 1 unspecified atom stereocenters. The highest BCUT2D eigenvalue weighted by Crippen LogP contribution is 2.13. The molecular weight excluding hydrogens is 338 g/mol. The molecule has 0 bridgehead atoms. The van der Waals surface area contributed by atoms with Crippen molar-refractivity contribution >= 4 is 21.7 Å². The molecule has 0 aliphatic heterocycles. The standard InChI is InChI=1S/C14H23N3O6S/c1-8(2)10(15-13(19)23-14(3,4)5)11(18)12-17-16-9(22-12)7-24(6,20)21/h8,10H,7H2,1-6H3,(H,15,19). The summed E-state index contributed by atoms with van der Waals surface area (Å²) in [4.78, 5) is 24.3. The Morgan fingerprint density at radius 1 is 1.25 bits per heavy atom. The minimum Gasteiger partial charge on any atom is -0.444 e. The van der Waals surface area contributed by atoms with E-state index in [2.05, 4.69) is 15.5 Å². The number of Topliss-reactive ketones (excluding diaryl/α,β-unsaturated/α-hetero) is 1. The van der Waals surface area contributed by atoms with Crippen molar-refractivity contribution in [3.05, 3.63) is 11.8 Å². The molecule has 1 atom stereocenters. The number of ether oxygens (including phenoxy) is 1. The molecule has 1 aromatic rings. The van der Waals surface area contributed by atoms with Gasteiger partial charge in [0, 0.05) is 6.26 Å². The van der Waals surface area contributed by atoms with Crippen LogP contribution in [0.15, 0.2) is 4.42 Å². The molecule has 1 heterocycles. The van der Waals surface area contributed by atoms with Gasteiger partial charge in [0.05, 0.1) is 0 Å². The van der Waals surface area contributed by atoms with Gasteiger partial charge in [0.25, 0.3) is 5.89 Å². The van der Waals surface area contributed by atoms with Gasteiger partial charge in [-0.3, -0.25) is 4.79 Å². The third-order valence-corrected chi connectivity index (χ3v) is 3.46. The molecule has 1 rings (SSSR count). The Hall–Kier alpha value is -1.97. The molecule has 0 aromatic carbocycles. The smallest absolute Gasteiger partial charge is 0.408 e. The summed E-state index contributed by atoms with van der Waals surface area (Å²) in [7, 11) is -3.36. The quantitative estimate of drug-likeness (QED) is 0.752. The molecule has 0 aliphatic rings. The lowest BCUT2D eigenvalue weighted by atomic mass is 10.00. The van der Waals surface area contributed by atoms with E-state index in [1.54, 1.807) is 34.6 Å². The predicted octanol–water partition coefficient (Wildman–Crippen LogP) is 1.35. The van der Waals surface area contributed by atoms with Crippen LogP contribution in [-0.4, -0.2) is 48.4 Å². The molecule has 1 aromatic heterocycles. The summed E-state index contributed by atoms with van der Waals surface area (Å²) in [6, 6.07) is -0.939. The van der Waals surface area contributed by atoms with E-state index < -0.39 is 39.1 Å². The van der Waals surface area contributed by atoms with Crippen LogP contribution in [0.1, 0.15) is 51.2 Å². The number of hydrogen-bond acceptors (Lipinski definition) is 8. The maximum Gasteiger partial charge on any atom is 0.408 e. The van der Waals surface area contributed by atoms with Gasteiger partial charge in [-0.05, 0) is 26.7 Å². The zero-order chi connectivity index (χ0) is 18.7. The van der Waals surface area contributed by atoms with Crippen LogP contribution in [0.5, 0.6) is 0 Å². The zero-order valence-corrected chi connectivity index (χ0v) is 15.4. The Bertz CT molecular complexity index is 702. The third-order valence-electron chi connectivity index (χ3n) is 2.68. The first-order valence-corrected chi connectivity index (χ1v) is 9.38. The number of nitrogens with zero attached hydrogens (tertiary/aromatic N) is 2. The lowest BCUT2D eigenvalue weighted by molar-refractivity contribution is 0.0472. The van der Waals surface area contributed by atoms with E-state index in [0.717, 1.165) is 6.26 Å². The lowest BCUT2D eigenvalue weighted by Gasteiger charge is -2.24. The Balaban J connectivity index is 2.89. The predicted molar refractivity (Wildman–Crippen MR) is 85.2 cm³/mol. The van der Waals surface area contributed by atoms with Crippen molar-refractivity contribution in [2.75, 3.05) is 6.26 Å². The fourth-order valence-corrected chi connectivity index (χ4v) is 2.30. The molecule has 10 heteroatoms. The van der Waals surface area contributed by atoms with Crippen LogP contribution in [0.25, 0.3) is 0 Å². The first-order valence-electron chi connectivity index (χ1n) is 7.32. The molecule has 1 N–H and O–H groups in total. The van der Waals surface area contributed by atoms with Gasteiger partial charge in [0.2, 0.25) is 11.7 Å². The lowest BCUT2D eigenvalue weighted by Crippen LogP contribution is -2.46. The van der Waals surface area contributed by atoms with E-state index >= 15 is 0 Å². The number of ketones is 1. The van der Waals surface area contributed by atoms with E-state index in [9.17, 15) is 18.0 Å². The van der Waals surface area contributed by atoms with Gasteiger partial charge in [-0.25, -0.2) is 13.2 Å². The van der Waals surface area contributed by atoms with Crippen LogP contribution in [0.3, 0.4) is 0 Å². The van der Waals surface area contributed by atoms with Gasteiger partial charge in [-0.2, -0.15) is 0 Å². The molecule has 0 radical (unpaired) electrons. The second-order valence-corrected chi connectivity index (χ2v) is 8.94. The van der Waals surface area contributed by atoms with Crippen molar-refractivity contribution in [1.82, 2.24) is 15.5 Å². The van der Waals surface area contributed by atoms with Crippen molar-refractivity contribution in [2.45, 2.75) is 52.0 Å². The second-order valence-electron chi connectivity index (χ2n) is 6.80. The maximum atomic E-state index is 12.5. The molecule has 1 amide bonds. The van der Waals surface area contributed by atoms with Crippen molar-refractivity contribution in [2.24, 2.45) is 5.92 Å². The first-order chi connectivity index (χ1) is 10.8. The van der Waals surface area contributed by atoms with Crippen LogP contribution < -0.4 is 5.32 Å². The average molecular weight is 361 g/mol. The van der Waals surface area contributed by atoms with Gasteiger partial charge in [-0.15, -0.1) is 10.2 Å². The zero-order valence-electron chi connectivity index (χ0n) is 14.6. The highest BCUT2D eigenvalue weighted by molar-refractivity contribution is 7.89. The summed E-state index contributed by atoms with van der Waals surface area (Å²) in [6.45, 7) is 8.57. The summed E-state index contributed by atoms with van der Waals surface area (Å²) in [5.41, 5.74) is -0.707. The van der Waals surface area contributed by atoms with Crippen molar-refractivity contribution in [3.63, 3.8) is 0 Å². The average Bonchev–Trinajstić information content (AvgIpc) is 2.78. The van der Waals surface area contributed by atoms with Crippen LogP contribution in [0, 0.1) is 5.92 Å². The van der Waals surface area contributed by atoms with Crippen LogP contribution >= 0.6 is 0 Å². The molecule has 0 saturated carbocycles. The highest BCUT2D eigenvalue weighted by Gasteiger charge is 2.31. The topological polar surface area (TPSA) is 128 Å². The fourth-order valence-electron chi connectivity index (χ4n) is 1.74. The van der Waals surface area contributed by atoms with E-state index in [1.807, 2.05) is 0 Å². The second kappa shape index (κ2) is 7.29. The SMILES string of the molecule is CC(C)C(NC(=O)OC(C)(C)C)C(=O)c1nnc(CS(C)(=O)=O)o1. The van der Waals surface area contributed by atoms with E-state index in [1.165, 1.54) is 0 Å². The number of rotatable bonds is 6. The number of carbonyl (C=O) groups is 2. The fraction of sp³-hybridized carbons (Fsp3) is 0.714. The van der Waals surface area contributed by atoms with Gasteiger partial charge >= 0.3 is 6.09 Å². The highest BCUT2D eigenvalue weighted by atomic mass is 32.2. The number of sulfone groups is 1. The number of amides is 1. The summed E-state index contributed by atoms with van der Waals surface area (Å²) in [6.07, 6.45) is 0.269. The molecule has 0 saturated heterocycles. The van der Waals surface area contributed by atoms with Crippen LogP contribution in [0.4, 0.5) is 4.79 Å². The number of alkyl carbamates (subject to hydrolysis) is 1. The van der Waals surface area contributed by atoms with Gasteiger partial charge in [0.15, 0.2) is 9.84 Å². The first kappa shape index (κ1) is 20.1. The molecule has 0 fully saturated rings. The van der Waals surface area contributed by atoms with Gasteiger partial charge < -0.3 is 14.5 Å². The number of carbonyl (C=O) groups excluding carboxylic acids is 2. The molecule has 0 aliphatic carbocycles. The van der Waals surface area contributed by atoms with Crippen molar-refractivity contribution in [3.8, 4) is 0 Å². The minimum absolute atomic E-state index is 0.180. The van der Waals surface area contributed by atoms with E-state index in [-0.39, 0.29) is 17.7 Å². The Morgan fingerprint density at radius 2 is 1.83 bits per heavy atom. The Labute approximate surface area is 141 Å². The Morgan fingerprint density at radius 3 is 2.29 bits per heavy atom. The summed E-state index contributed by atoms with van der Waals surface area (Å²) >= 11 is 0. The molecule has 24 heavy (non-hydrogen) atoms. The number of nitrogens with one attached hydrogen (secondary N) is 1. The van der Waals surface area contributed by atoms with Crippen LogP contribution in [0.2, 0.25) is 0 Å². The Kier molecular flexibility index (Phi) is 6.09. The van der Waals surface area contributed by atoms with E-state index in [0.29, 0.717) is 0 Å². The monoisotopic (exact) mass is 361 g/mol. The molecular formula is C14H23N3O6S. The van der Waals surface area contributed by atoms with E-state index in [4.69, 9.17) is 9.15 Å². The maximum absolute atomic E-state index is 12.5.